The summed E-state index contributed by atoms with van der Waals surface area (Å²) in [7, 11) is 0. The molecule has 0 saturated carbocycles. The van der Waals surface area contributed by atoms with Crippen molar-refractivity contribution < 1.29 is 9.53 Å². The molecule has 24 heavy (non-hydrogen) atoms. The molecule has 3 rings (SSSR count). The molecule has 1 aromatic carbocycles. The summed E-state index contributed by atoms with van der Waals surface area (Å²) in [6, 6.07) is 7.81. The maximum absolute atomic E-state index is 12.2. The molecular weight excluding hydrogens is 326 g/mol. The van der Waals surface area contributed by atoms with Crippen molar-refractivity contribution in [1.82, 2.24) is 9.88 Å². The largest absolute Gasteiger partial charge is 0.444 e. The van der Waals surface area contributed by atoms with Gasteiger partial charge < -0.3 is 14.5 Å². The summed E-state index contributed by atoms with van der Waals surface area (Å²) in [5.41, 5.74) is -0.470. The Kier molecular flexibility index (Phi) is 4.54. The maximum atomic E-state index is 12.2. The molecule has 0 bridgehead atoms. The molecular formula is C18H22ClN3O2. The average Bonchev–Trinajstić information content (AvgIpc) is 2.53. The zero-order valence-electron chi connectivity index (χ0n) is 14.3. The minimum absolute atomic E-state index is 0.254. The van der Waals surface area contributed by atoms with Crippen molar-refractivity contribution in [3.05, 3.63) is 35.5 Å². The first-order valence-electron chi connectivity index (χ1n) is 8.11. The summed E-state index contributed by atoms with van der Waals surface area (Å²) in [5, 5.41) is 2.85. The van der Waals surface area contributed by atoms with Gasteiger partial charge in [0.1, 0.15) is 11.4 Å². The van der Waals surface area contributed by atoms with Crippen molar-refractivity contribution in [2.75, 3.05) is 31.1 Å². The normalized spacial score (nSPS) is 15.7. The van der Waals surface area contributed by atoms with Gasteiger partial charge in [-0.1, -0.05) is 17.7 Å². The van der Waals surface area contributed by atoms with Crippen LogP contribution in [-0.2, 0) is 4.74 Å². The number of amides is 1. The number of ether oxygens (including phenoxy) is 1. The van der Waals surface area contributed by atoms with Crippen LogP contribution in [0.15, 0.2) is 30.5 Å². The first-order valence-corrected chi connectivity index (χ1v) is 8.48. The van der Waals surface area contributed by atoms with E-state index in [1.165, 1.54) is 0 Å². The second-order valence-electron chi connectivity index (χ2n) is 6.95. The van der Waals surface area contributed by atoms with Gasteiger partial charge in [0.05, 0.1) is 0 Å². The fourth-order valence-electron chi connectivity index (χ4n) is 2.80. The number of piperazine rings is 1. The fourth-order valence-corrected chi connectivity index (χ4v) is 2.98. The zero-order valence-corrected chi connectivity index (χ0v) is 15.0. The van der Waals surface area contributed by atoms with Gasteiger partial charge in [0.2, 0.25) is 0 Å². The van der Waals surface area contributed by atoms with Gasteiger partial charge in [-0.25, -0.2) is 9.78 Å². The predicted molar refractivity (Wildman–Crippen MR) is 96.8 cm³/mol. The molecule has 0 aliphatic carbocycles. The van der Waals surface area contributed by atoms with E-state index in [-0.39, 0.29) is 6.09 Å². The lowest BCUT2D eigenvalue weighted by Crippen LogP contribution is -2.50. The first-order chi connectivity index (χ1) is 11.3. The van der Waals surface area contributed by atoms with Crippen LogP contribution in [-0.4, -0.2) is 47.8 Å². The Hall–Kier alpha value is -2.01. The number of carbonyl (C=O) groups excluding carboxylic acids is 1. The van der Waals surface area contributed by atoms with Gasteiger partial charge >= 0.3 is 6.09 Å². The number of rotatable bonds is 1. The molecule has 1 saturated heterocycles. The molecule has 6 heteroatoms. The van der Waals surface area contributed by atoms with E-state index in [1.807, 2.05) is 51.2 Å². The summed E-state index contributed by atoms with van der Waals surface area (Å²) in [5.74, 6) is 0.916. The van der Waals surface area contributed by atoms with Gasteiger partial charge in [-0.05, 0) is 44.4 Å². The van der Waals surface area contributed by atoms with Crippen molar-refractivity contribution >= 4 is 34.3 Å². The van der Waals surface area contributed by atoms with Crippen molar-refractivity contribution in [3.63, 3.8) is 0 Å². The molecule has 0 unspecified atom stereocenters. The smallest absolute Gasteiger partial charge is 0.410 e. The SMILES string of the molecule is CC(C)(C)OC(=O)N1CCN(c2nccc3ccc(Cl)cc23)CC1. The zero-order chi connectivity index (χ0) is 17.3. The highest BCUT2D eigenvalue weighted by molar-refractivity contribution is 6.31. The first kappa shape index (κ1) is 16.8. The van der Waals surface area contributed by atoms with Crippen molar-refractivity contribution in [1.29, 1.82) is 0 Å². The van der Waals surface area contributed by atoms with E-state index >= 15 is 0 Å². The van der Waals surface area contributed by atoms with Crippen LogP contribution < -0.4 is 4.90 Å². The highest BCUT2D eigenvalue weighted by Gasteiger charge is 2.26. The van der Waals surface area contributed by atoms with E-state index < -0.39 is 5.60 Å². The molecule has 1 aliphatic heterocycles. The van der Waals surface area contributed by atoms with Gasteiger partial charge in [0.25, 0.3) is 0 Å². The Balaban J connectivity index is 1.73. The van der Waals surface area contributed by atoms with Crippen LogP contribution in [0.25, 0.3) is 10.8 Å². The number of aromatic nitrogens is 1. The van der Waals surface area contributed by atoms with E-state index in [2.05, 4.69) is 9.88 Å². The minimum atomic E-state index is -0.470. The Morgan fingerprint density at radius 3 is 2.54 bits per heavy atom. The monoisotopic (exact) mass is 347 g/mol. The maximum Gasteiger partial charge on any atom is 0.410 e. The van der Waals surface area contributed by atoms with Crippen LogP contribution in [0, 0.1) is 0 Å². The van der Waals surface area contributed by atoms with Crippen molar-refractivity contribution in [2.24, 2.45) is 0 Å². The molecule has 1 fully saturated rings. The molecule has 2 aromatic rings. The summed E-state index contributed by atoms with van der Waals surface area (Å²) < 4.78 is 5.44. The molecule has 2 heterocycles. The summed E-state index contributed by atoms with van der Waals surface area (Å²) in [6.07, 6.45) is 1.56. The molecule has 5 nitrogen and oxygen atoms in total. The van der Waals surface area contributed by atoms with E-state index in [4.69, 9.17) is 16.3 Å². The number of fused-ring (bicyclic) bond motifs is 1. The number of hydrogen-bond donors (Lipinski definition) is 0. The van der Waals surface area contributed by atoms with Gasteiger partial charge in [-0.2, -0.15) is 0 Å². The third-order valence-corrected chi connectivity index (χ3v) is 4.17. The average molecular weight is 348 g/mol. The lowest BCUT2D eigenvalue weighted by molar-refractivity contribution is 0.0240. The number of anilines is 1. The van der Waals surface area contributed by atoms with Crippen LogP contribution in [0.2, 0.25) is 5.02 Å². The van der Waals surface area contributed by atoms with E-state index in [0.717, 1.165) is 29.7 Å². The van der Waals surface area contributed by atoms with Crippen LogP contribution >= 0.6 is 11.6 Å². The minimum Gasteiger partial charge on any atom is -0.444 e. The van der Waals surface area contributed by atoms with E-state index in [0.29, 0.717) is 18.1 Å². The quantitative estimate of drug-likeness (QED) is 0.783. The number of pyridine rings is 1. The number of nitrogens with zero attached hydrogens (tertiary/aromatic N) is 3. The second-order valence-corrected chi connectivity index (χ2v) is 7.39. The lowest BCUT2D eigenvalue weighted by Gasteiger charge is -2.36. The fraction of sp³-hybridized carbons (Fsp3) is 0.444. The van der Waals surface area contributed by atoms with Crippen LogP contribution in [0.4, 0.5) is 10.6 Å². The lowest BCUT2D eigenvalue weighted by atomic mass is 10.1. The third kappa shape index (κ3) is 3.73. The topological polar surface area (TPSA) is 45.7 Å². The molecule has 0 radical (unpaired) electrons. The summed E-state index contributed by atoms with van der Waals surface area (Å²) >= 11 is 6.14. The summed E-state index contributed by atoms with van der Waals surface area (Å²) in [4.78, 5) is 20.6. The number of carbonyl (C=O) groups is 1. The van der Waals surface area contributed by atoms with Crippen molar-refractivity contribution in [3.8, 4) is 0 Å². The van der Waals surface area contributed by atoms with E-state index in [9.17, 15) is 4.79 Å². The second kappa shape index (κ2) is 6.48. The Morgan fingerprint density at radius 2 is 1.88 bits per heavy atom. The molecule has 128 valence electrons. The predicted octanol–water partition coefficient (Wildman–Crippen LogP) is 3.95. The molecule has 0 N–H and O–H groups in total. The van der Waals surface area contributed by atoms with Crippen LogP contribution in [0.1, 0.15) is 20.8 Å². The number of hydrogen-bond acceptors (Lipinski definition) is 4. The third-order valence-electron chi connectivity index (χ3n) is 3.94. The number of benzene rings is 1. The van der Waals surface area contributed by atoms with Gasteiger partial charge in [0, 0.05) is 42.8 Å². The molecule has 1 aliphatic rings. The van der Waals surface area contributed by atoms with Gasteiger partial charge in [0.15, 0.2) is 0 Å². The molecule has 1 amide bonds. The highest BCUT2D eigenvalue weighted by atomic mass is 35.5. The Bertz CT molecular complexity index is 750. The standard InChI is InChI=1S/C18H22ClN3O2/c1-18(2,3)24-17(23)22-10-8-21(9-11-22)16-15-12-14(19)5-4-13(15)6-7-20-16/h4-7,12H,8-11H2,1-3H3. The molecule has 1 aromatic heterocycles. The highest BCUT2D eigenvalue weighted by Crippen LogP contribution is 2.28. The molecule has 0 spiro atoms. The number of halogens is 1. The van der Waals surface area contributed by atoms with Gasteiger partial charge in [-0.15, -0.1) is 0 Å². The van der Waals surface area contributed by atoms with Crippen molar-refractivity contribution in [2.45, 2.75) is 26.4 Å². The van der Waals surface area contributed by atoms with E-state index in [1.54, 1.807) is 4.90 Å². The Morgan fingerprint density at radius 1 is 1.17 bits per heavy atom. The van der Waals surface area contributed by atoms with Gasteiger partial charge in [-0.3, -0.25) is 0 Å². The van der Waals surface area contributed by atoms with Crippen LogP contribution in [0.3, 0.4) is 0 Å². The summed E-state index contributed by atoms with van der Waals surface area (Å²) in [6.45, 7) is 8.32. The van der Waals surface area contributed by atoms with Crippen LogP contribution in [0.5, 0.6) is 0 Å². The molecule has 0 atom stereocenters. The Labute approximate surface area is 147 Å².